The summed E-state index contributed by atoms with van der Waals surface area (Å²) in [4.78, 5) is 1.27. The number of hydrogen-bond donors (Lipinski definition) is 1. The summed E-state index contributed by atoms with van der Waals surface area (Å²) in [5, 5.41) is 12.7. The smallest absolute Gasteiger partial charge is 0.0894 e. The van der Waals surface area contributed by atoms with Crippen LogP contribution in [0.3, 0.4) is 0 Å². The summed E-state index contributed by atoms with van der Waals surface area (Å²) in [6.07, 6.45) is 1.83. The van der Waals surface area contributed by atoms with Crippen LogP contribution in [0.2, 0.25) is 0 Å². The standard InChI is InChI=1S/C15H16OS/c1-11-9-12(10-17-11)14(16)15(7-8-15)13-5-3-2-4-6-13/h2-6,9-10,14,16H,7-8H2,1H3. The third-order valence-electron chi connectivity index (χ3n) is 3.73. The largest absolute Gasteiger partial charge is 0.387 e. The number of aliphatic hydroxyl groups is 1. The van der Waals surface area contributed by atoms with E-state index in [1.807, 2.05) is 6.07 Å². The molecule has 1 nitrogen and oxygen atoms in total. The molecular weight excluding hydrogens is 228 g/mol. The van der Waals surface area contributed by atoms with Crippen LogP contribution in [0.1, 0.15) is 34.9 Å². The molecule has 1 heterocycles. The van der Waals surface area contributed by atoms with Gasteiger partial charge in [0.05, 0.1) is 6.10 Å². The Balaban J connectivity index is 1.94. The Morgan fingerprint density at radius 2 is 1.94 bits per heavy atom. The van der Waals surface area contributed by atoms with Crippen molar-refractivity contribution in [3.63, 3.8) is 0 Å². The van der Waals surface area contributed by atoms with Gasteiger partial charge in [-0.25, -0.2) is 0 Å². The first-order valence-electron chi connectivity index (χ1n) is 6.01. The van der Waals surface area contributed by atoms with Gasteiger partial charge in [0.15, 0.2) is 0 Å². The molecule has 1 unspecified atom stereocenters. The molecule has 0 aliphatic heterocycles. The van der Waals surface area contributed by atoms with Gasteiger partial charge in [0.25, 0.3) is 0 Å². The van der Waals surface area contributed by atoms with Crippen LogP contribution in [-0.4, -0.2) is 5.11 Å². The molecule has 3 rings (SSSR count). The van der Waals surface area contributed by atoms with Crippen molar-refractivity contribution in [1.82, 2.24) is 0 Å². The molecule has 0 amide bonds. The molecule has 1 atom stereocenters. The Hall–Kier alpha value is -1.12. The van der Waals surface area contributed by atoms with Gasteiger partial charge in [-0.1, -0.05) is 30.3 Å². The molecule has 88 valence electrons. The van der Waals surface area contributed by atoms with E-state index < -0.39 is 0 Å². The fourth-order valence-electron chi connectivity index (χ4n) is 2.55. The highest BCUT2D eigenvalue weighted by Gasteiger charge is 2.50. The summed E-state index contributed by atoms with van der Waals surface area (Å²) < 4.78 is 0. The summed E-state index contributed by atoms with van der Waals surface area (Å²) >= 11 is 1.71. The molecule has 2 aromatic rings. The highest BCUT2D eigenvalue weighted by atomic mass is 32.1. The fourth-order valence-corrected chi connectivity index (χ4v) is 3.27. The zero-order valence-electron chi connectivity index (χ0n) is 9.89. The van der Waals surface area contributed by atoms with Crippen molar-refractivity contribution in [2.75, 3.05) is 0 Å². The van der Waals surface area contributed by atoms with E-state index in [2.05, 4.69) is 42.6 Å². The van der Waals surface area contributed by atoms with E-state index >= 15 is 0 Å². The maximum Gasteiger partial charge on any atom is 0.0894 e. The Labute approximate surface area is 106 Å². The normalized spacial score (nSPS) is 18.9. The Kier molecular flexibility index (Phi) is 2.57. The molecule has 0 spiro atoms. The Bertz CT molecular complexity index is 511. The second kappa shape index (κ2) is 3.97. The number of thiophene rings is 1. The Morgan fingerprint density at radius 1 is 1.24 bits per heavy atom. The van der Waals surface area contributed by atoms with E-state index in [1.54, 1.807) is 11.3 Å². The molecule has 2 heteroatoms. The first-order chi connectivity index (χ1) is 8.22. The molecule has 1 aromatic carbocycles. The predicted molar refractivity (Wildman–Crippen MR) is 71.4 cm³/mol. The number of rotatable bonds is 3. The summed E-state index contributed by atoms with van der Waals surface area (Å²) in [6, 6.07) is 12.5. The van der Waals surface area contributed by atoms with Gasteiger partial charge in [-0.3, -0.25) is 0 Å². The van der Waals surface area contributed by atoms with Crippen molar-refractivity contribution in [1.29, 1.82) is 0 Å². The van der Waals surface area contributed by atoms with Crippen LogP contribution in [0.25, 0.3) is 0 Å². The van der Waals surface area contributed by atoms with E-state index in [4.69, 9.17) is 0 Å². The van der Waals surface area contributed by atoms with Crippen molar-refractivity contribution in [2.45, 2.75) is 31.3 Å². The number of hydrogen-bond acceptors (Lipinski definition) is 2. The van der Waals surface area contributed by atoms with Crippen LogP contribution in [0, 0.1) is 6.92 Å². The molecular formula is C15H16OS. The van der Waals surface area contributed by atoms with Crippen LogP contribution in [0.5, 0.6) is 0 Å². The highest BCUT2D eigenvalue weighted by Crippen LogP contribution is 2.56. The summed E-state index contributed by atoms with van der Waals surface area (Å²) in [5.41, 5.74) is 2.33. The third kappa shape index (κ3) is 1.81. The van der Waals surface area contributed by atoms with Gasteiger partial charge in [-0.05, 0) is 42.3 Å². The van der Waals surface area contributed by atoms with E-state index in [-0.39, 0.29) is 11.5 Å². The van der Waals surface area contributed by atoms with Crippen molar-refractivity contribution in [3.8, 4) is 0 Å². The summed E-state index contributed by atoms with van der Waals surface area (Å²) in [6.45, 7) is 2.09. The fraction of sp³-hybridized carbons (Fsp3) is 0.333. The van der Waals surface area contributed by atoms with Crippen LogP contribution < -0.4 is 0 Å². The molecule has 1 fully saturated rings. The molecule has 0 bridgehead atoms. The second-order valence-corrected chi connectivity index (χ2v) is 6.03. The summed E-state index contributed by atoms with van der Waals surface area (Å²) in [5.74, 6) is 0. The first-order valence-corrected chi connectivity index (χ1v) is 6.89. The van der Waals surface area contributed by atoms with Gasteiger partial charge in [0.1, 0.15) is 0 Å². The molecule has 1 aromatic heterocycles. The molecule has 17 heavy (non-hydrogen) atoms. The first kappa shape index (κ1) is 11.0. The predicted octanol–water partition coefficient (Wildman–Crippen LogP) is 3.82. The van der Waals surface area contributed by atoms with Crippen molar-refractivity contribution >= 4 is 11.3 Å². The highest BCUT2D eigenvalue weighted by molar-refractivity contribution is 7.10. The monoisotopic (exact) mass is 244 g/mol. The van der Waals surface area contributed by atoms with Crippen LogP contribution in [0.15, 0.2) is 41.8 Å². The van der Waals surface area contributed by atoms with Gasteiger partial charge in [-0.15, -0.1) is 11.3 Å². The van der Waals surface area contributed by atoms with Crippen LogP contribution in [0.4, 0.5) is 0 Å². The minimum Gasteiger partial charge on any atom is -0.387 e. The molecule has 1 aliphatic carbocycles. The minimum absolute atomic E-state index is 0.0191. The van der Waals surface area contributed by atoms with Gasteiger partial charge >= 0.3 is 0 Å². The van der Waals surface area contributed by atoms with Crippen LogP contribution >= 0.6 is 11.3 Å². The van der Waals surface area contributed by atoms with E-state index in [0.29, 0.717) is 0 Å². The molecule has 0 saturated heterocycles. The van der Waals surface area contributed by atoms with Gasteiger partial charge < -0.3 is 5.11 Å². The minimum atomic E-state index is -0.352. The maximum absolute atomic E-state index is 10.6. The van der Waals surface area contributed by atoms with E-state index in [1.165, 1.54) is 10.4 Å². The zero-order chi connectivity index (χ0) is 11.9. The number of aliphatic hydroxyl groups excluding tert-OH is 1. The lowest BCUT2D eigenvalue weighted by molar-refractivity contribution is 0.133. The van der Waals surface area contributed by atoms with Crippen molar-refractivity contribution in [3.05, 3.63) is 57.8 Å². The molecule has 0 radical (unpaired) electrons. The topological polar surface area (TPSA) is 20.2 Å². The Morgan fingerprint density at radius 3 is 2.47 bits per heavy atom. The van der Waals surface area contributed by atoms with Crippen molar-refractivity contribution < 1.29 is 5.11 Å². The van der Waals surface area contributed by atoms with Gasteiger partial charge in [0.2, 0.25) is 0 Å². The van der Waals surface area contributed by atoms with E-state index in [0.717, 1.165) is 18.4 Å². The molecule has 1 N–H and O–H groups in total. The lowest BCUT2D eigenvalue weighted by Crippen LogP contribution is -2.17. The SMILES string of the molecule is Cc1cc(C(O)C2(c3ccccc3)CC2)cs1. The van der Waals surface area contributed by atoms with Crippen LogP contribution in [-0.2, 0) is 5.41 Å². The zero-order valence-corrected chi connectivity index (χ0v) is 10.7. The quantitative estimate of drug-likeness (QED) is 0.870. The second-order valence-electron chi connectivity index (χ2n) is 4.92. The lowest BCUT2D eigenvalue weighted by Gasteiger charge is -2.22. The number of aryl methyl sites for hydroxylation is 1. The third-order valence-corrected chi connectivity index (χ3v) is 4.61. The average Bonchev–Trinajstić information content (AvgIpc) is 3.07. The van der Waals surface area contributed by atoms with Crippen molar-refractivity contribution in [2.24, 2.45) is 0 Å². The van der Waals surface area contributed by atoms with Gasteiger partial charge in [0, 0.05) is 10.3 Å². The van der Waals surface area contributed by atoms with E-state index in [9.17, 15) is 5.11 Å². The average molecular weight is 244 g/mol. The maximum atomic E-state index is 10.6. The number of benzene rings is 1. The lowest BCUT2D eigenvalue weighted by atomic mass is 9.87. The molecule has 1 saturated carbocycles. The summed E-state index contributed by atoms with van der Waals surface area (Å²) in [7, 11) is 0. The molecule has 1 aliphatic rings. The van der Waals surface area contributed by atoms with Gasteiger partial charge in [-0.2, -0.15) is 0 Å².